The lowest BCUT2D eigenvalue weighted by atomic mass is 10.2. The zero-order valence-electron chi connectivity index (χ0n) is 13.4. The van der Waals surface area contributed by atoms with Crippen LogP contribution in [0.3, 0.4) is 0 Å². The van der Waals surface area contributed by atoms with E-state index < -0.39 is 0 Å². The van der Waals surface area contributed by atoms with E-state index in [1.54, 1.807) is 17.6 Å². The molecule has 0 aliphatic carbocycles. The molecule has 6 heteroatoms. The van der Waals surface area contributed by atoms with Crippen LogP contribution in [0, 0.1) is 0 Å². The summed E-state index contributed by atoms with van der Waals surface area (Å²) in [5.74, 6) is 0.847. The summed E-state index contributed by atoms with van der Waals surface area (Å²) >= 11 is 1.81. The summed E-state index contributed by atoms with van der Waals surface area (Å²) in [5.41, 5.74) is 0. The maximum Gasteiger partial charge on any atom is 0.234 e. The number of carbonyl (C=O) groups excluding carboxylic acids is 1. The van der Waals surface area contributed by atoms with Crippen molar-refractivity contribution in [1.29, 1.82) is 0 Å². The molecule has 5 nitrogen and oxygen atoms in total. The lowest BCUT2D eigenvalue weighted by Crippen LogP contribution is -2.49. The van der Waals surface area contributed by atoms with E-state index in [0.717, 1.165) is 38.5 Å². The van der Waals surface area contributed by atoms with Crippen LogP contribution in [0.5, 0.6) is 0 Å². The molecule has 23 heavy (non-hydrogen) atoms. The van der Waals surface area contributed by atoms with E-state index in [2.05, 4.69) is 32.6 Å². The number of hydrogen-bond acceptors (Lipinski definition) is 5. The summed E-state index contributed by atoms with van der Waals surface area (Å²) in [4.78, 5) is 18.2. The minimum Gasteiger partial charge on any atom is -0.467 e. The minimum atomic E-state index is -0.0855. The molecule has 1 saturated heterocycles. The van der Waals surface area contributed by atoms with Gasteiger partial charge in [-0.3, -0.25) is 14.6 Å². The first kappa shape index (κ1) is 16.2. The molecule has 2 aromatic heterocycles. The number of carbonyl (C=O) groups is 1. The van der Waals surface area contributed by atoms with Gasteiger partial charge in [0.1, 0.15) is 5.76 Å². The number of amides is 1. The van der Waals surface area contributed by atoms with Crippen LogP contribution in [0.1, 0.15) is 23.6 Å². The molecule has 0 radical (unpaired) electrons. The van der Waals surface area contributed by atoms with Crippen LogP contribution in [0.25, 0.3) is 0 Å². The fraction of sp³-hybridized carbons (Fsp3) is 0.471. The largest absolute Gasteiger partial charge is 0.467 e. The zero-order valence-corrected chi connectivity index (χ0v) is 14.2. The molecule has 1 N–H and O–H groups in total. The van der Waals surface area contributed by atoms with Crippen molar-refractivity contribution in [2.45, 2.75) is 19.5 Å². The van der Waals surface area contributed by atoms with Crippen molar-refractivity contribution < 1.29 is 9.21 Å². The third-order valence-corrected chi connectivity index (χ3v) is 5.00. The highest BCUT2D eigenvalue weighted by atomic mass is 32.1. The highest BCUT2D eigenvalue weighted by molar-refractivity contribution is 7.09. The molecule has 1 aliphatic heterocycles. The lowest BCUT2D eigenvalue weighted by Gasteiger charge is -2.34. The highest BCUT2D eigenvalue weighted by Crippen LogP contribution is 2.14. The molecule has 1 aliphatic rings. The van der Waals surface area contributed by atoms with Gasteiger partial charge in [-0.25, -0.2) is 0 Å². The van der Waals surface area contributed by atoms with Crippen LogP contribution >= 0.6 is 11.3 Å². The Morgan fingerprint density at radius 1 is 1.26 bits per heavy atom. The molecule has 1 amide bonds. The Balaban J connectivity index is 1.39. The molecule has 0 aromatic carbocycles. The Labute approximate surface area is 140 Å². The number of piperazine rings is 1. The van der Waals surface area contributed by atoms with Crippen LogP contribution in [0.4, 0.5) is 0 Å². The Morgan fingerprint density at radius 2 is 2.04 bits per heavy atom. The smallest absolute Gasteiger partial charge is 0.234 e. The number of hydrogen-bond donors (Lipinski definition) is 1. The van der Waals surface area contributed by atoms with Gasteiger partial charge in [-0.2, -0.15) is 0 Å². The summed E-state index contributed by atoms with van der Waals surface area (Å²) in [6, 6.07) is 7.91. The van der Waals surface area contributed by atoms with Gasteiger partial charge in [-0.15, -0.1) is 11.3 Å². The molecule has 1 unspecified atom stereocenters. The maximum atomic E-state index is 12.1. The minimum absolute atomic E-state index is 0.0561. The summed E-state index contributed by atoms with van der Waals surface area (Å²) in [6.45, 7) is 7.32. The van der Waals surface area contributed by atoms with Crippen LogP contribution < -0.4 is 5.32 Å². The standard InChI is InChI=1S/C17H23N3O2S/c1-14(16-5-2-10-22-16)18-17(21)13-20-8-6-19(7-9-20)12-15-4-3-11-23-15/h2-5,10-11,14H,6-9,12-13H2,1H3,(H,18,21). The first-order chi connectivity index (χ1) is 11.2. The second-order valence-electron chi connectivity index (χ2n) is 5.94. The van der Waals surface area contributed by atoms with E-state index in [1.165, 1.54) is 4.88 Å². The summed E-state index contributed by atoms with van der Waals surface area (Å²) in [6.07, 6.45) is 1.63. The molecule has 0 bridgehead atoms. The first-order valence-electron chi connectivity index (χ1n) is 8.00. The van der Waals surface area contributed by atoms with Crippen LogP contribution in [0.15, 0.2) is 40.3 Å². The molecule has 3 rings (SSSR count). The Morgan fingerprint density at radius 3 is 2.70 bits per heavy atom. The van der Waals surface area contributed by atoms with Crippen LogP contribution in [0.2, 0.25) is 0 Å². The Hall–Kier alpha value is -1.63. The van der Waals surface area contributed by atoms with E-state index in [0.29, 0.717) is 6.54 Å². The summed E-state index contributed by atoms with van der Waals surface area (Å²) in [5, 5.41) is 5.11. The van der Waals surface area contributed by atoms with E-state index in [-0.39, 0.29) is 11.9 Å². The normalized spacial score (nSPS) is 18.0. The van der Waals surface area contributed by atoms with Gasteiger partial charge < -0.3 is 9.73 Å². The third kappa shape index (κ3) is 4.67. The predicted molar refractivity (Wildman–Crippen MR) is 91.3 cm³/mol. The quantitative estimate of drug-likeness (QED) is 0.881. The lowest BCUT2D eigenvalue weighted by molar-refractivity contribution is -0.123. The van der Waals surface area contributed by atoms with Gasteiger partial charge in [-0.1, -0.05) is 6.07 Å². The molecular weight excluding hydrogens is 310 g/mol. The van der Waals surface area contributed by atoms with Crippen molar-refractivity contribution in [3.05, 3.63) is 46.5 Å². The monoisotopic (exact) mass is 333 g/mol. The van der Waals surface area contributed by atoms with Crippen molar-refractivity contribution in [2.24, 2.45) is 0 Å². The van der Waals surface area contributed by atoms with Gasteiger partial charge in [-0.05, 0) is 30.5 Å². The molecule has 124 valence electrons. The predicted octanol–water partition coefficient (Wildman–Crippen LogP) is 2.34. The number of furan rings is 1. The molecule has 2 aromatic rings. The van der Waals surface area contributed by atoms with Crippen molar-refractivity contribution >= 4 is 17.2 Å². The van der Waals surface area contributed by atoms with Crippen molar-refractivity contribution in [3.8, 4) is 0 Å². The number of rotatable bonds is 6. The first-order valence-corrected chi connectivity index (χ1v) is 8.88. The van der Waals surface area contributed by atoms with E-state index in [1.807, 2.05) is 19.1 Å². The second kappa shape index (κ2) is 7.77. The highest BCUT2D eigenvalue weighted by Gasteiger charge is 2.20. The summed E-state index contributed by atoms with van der Waals surface area (Å²) in [7, 11) is 0. The average Bonchev–Trinajstić information content (AvgIpc) is 3.22. The van der Waals surface area contributed by atoms with E-state index in [9.17, 15) is 4.79 Å². The topological polar surface area (TPSA) is 48.7 Å². The summed E-state index contributed by atoms with van der Waals surface area (Å²) < 4.78 is 5.32. The average molecular weight is 333 g/mol. The molecule has 0 saturated carbocycles. The Bertz CT molecular complexity index is 589. The zero-order chi connectivity index (χ0) is 16.1. The van der Waals surface area contributed by atoms with Crippen LogP contribution in [-0.2, 0) is 11.3 Å². The van der Waals surface area contributed by atoms with Crippen molar-refractivity contribution in [1.82, 2.24) is 15.1 Å². The van der Waals surface area contributed by atoms with Crippen LogP contribution in [-0.4, -0.2) is 48.4 Å². The molecule has 1 atom stereocenters. The van der Waals surface area contributed by atoms with Gasteiger partial charge in [0.25, 0.3) is 0 Å². The van der Waals surface area contributed by atoms with Crippen molar-refractivity contribution in [2.75, 3.05) is 32.7 Å². The molecule has 1 fully saturated rings. The molecule has 3 heterocycles. The van der Waals surface area contributed by atoms with Crippen molar-refractivity contribution in [3.63, 3.8) is 0 Å². The second-order valence-corrected chi connectivity index (χ2v) is 6.97. The van der Waals surface area contributed by atoms with E-state index in [4.69, 9.17) is 4.42 Å². The molecule has 0 spiro atoms. The van der Waals surface area contributed by atoms with Gasteiger partial charge in [0.15, 0.2) is 0 Å². The molecular formula is C17H23N3O2S. The third-order valence-electron chi connectivity index (χ3n) is 4.14. The number of thiophene rings is 1. The number of nitrogens with zero attached hydrogens (tertiary/aromatic N) is 2. The fourth-order valence-corrected chi connectivity index (χ4v) is 3.57. The van der Waals surface area contributed by atoms with Gasteiger partial charge in [0.2, 0.25) is 5.91 Å². The Kier molecular flexibility index (Phi) is 5.48. The van der Waals surface area contributed by atoms with Gasteiger partial charge in [0.05, 0.1) is 18.8 Å². The van der Waals surface area contributed by atoms with Gasteiger partial charge >= 0.3 is 0 Å². The SMILES string of the molecule is CC(NC(=O)CN1CCN(Cc2cccs2)CC1)c1ccco1. The number of nitrogens with one attached hydrogen (secondary N) is 1. The maximum absolute atomic E-state index is 12.1. The van der Waals surface area contributed by atoms with Gasteiger partial charge in [0, 0.05) is 37.6 Å². The van der Waals surface area contributed by atoms with E-state index >= 15 is 0 Å². The fourth-order valence-electron chi connectivity index (χ4n) is 2.83.